The van der Waals surface area contributed by atoms with Crippen LogP contribution < -0.4 is 9.62 Å². The van der Waals surface area contributed by atoms with Gasteiger partial charge in [-0.1, -0.05) is 32.9 Å². The minimum absolute atomic E-state index is 0.108. The van der Waals surface area contributed by atoms with Gasteiger partial charge >= 0.3 is 0 Å². The second-order valence-corrected chi connectivity index (χ2v) is 8.55. The van der Waals surface area contributed by atoms with Crippen molar-refractivity contribution in [2.45, 2.75) is 20.8 Å². The van der Waals surface area contributed by atoms with Crippen LogP contribution in [0.4, 0.5) is 5.69 Å². The van der Waals surface area contributed by atoms with E-state index in [2.05, 4.69) is 21.2 Å². The molecular formula is C14H21BrN2O3S. The van der Waals surface area contributed by atoms with Crippen molar-refractivity contribution in [1.29, 1.82) is 0 Å². The van der Waals surface area contributed by atoms with Crippen LogP contribution in [0, 0.1) is 5.41 Å². The Morgan fingerprint density at radius 3 is 2.33 bits per heavy atom. The maximum atomic E-state index is 11.9. The number of halogens is 1. The Morgan fingerprint density at radius 2 is 1.86 bits per heavy atom. The van der Waals surface area contributed by atoms with Crippen LogP contribution in [0.15, 0.2) is 28.7 Å². The molecule has 0 aliphatic carbocycles. The first kappa shape index (κ1) is 18.0. The molecule has 7 heteroatoms. The second-order valence-electron chi connectivity index (χ2n) is 5.79. The zero-order chi connectivity index (χ0) is 16.3. The number of benzene rings is 1. The molecule has 0 radical (unpaired) electrons. The molecule has 118 valence electrons. The molecule has 1 amide bonds. The molecule has 0 heterocycles. The van der Waals surface area contributed by atoms with Gasteiger partial charge in [0.05, 0.1) is 18.5 Å². The Bertz CT molecular complexity index is 609. The van der Waals surface area contributed by atoms with E-state index in [0.717, 1.165) is 6.26 Å². The number of sulfonamides is 1. The van der Waals surface area contributed by atoms with Crippen LogP contribution in [0.1, 0.15) is 20.8 Å². The largest absolute Gasteiger partial charge is 0.354 e. The molecule has 0 atom stereocenters. The summed E-state index contributed by atoms with van der Waals surface area (Å²) in [4.78, 5) is 11.8. The van der Waals surface area contributed by atoms with Crippen molar-refractivity contribution >= 4 is 37.5 Å². The molecule has 0 aromatic heterocycles. The van der Waals surface area contributed by atoms with Crippen LogP contribution in [-0.2, 0) is 14.8 Å². The average molecular weight is 377 g/mol. The SMILES string of the molecule is CC(C)(C)C(=O)NCCN(c1ccccc1Br)S(C)(=O)=O. The van der Waals surface area contributed by atoms with E-state index >= 15 is 0 Å². The van der Waals surface area contributed by atoms with Gasteiger partial charge in [0.25, 0.3) is 0 Å². The van der Waals surface area contributed by atoms with E-state index in [4.69, 9.17) is 0 Å². The molecule has 0 unspecified atom stereocenters. The highest BCUT2D eigenvalue weighted by molar-refractivity contribution is 9.10. The van der Waals surface area contributed by atoms with E-state index < -0.39 is 15.4 Å². The van der Waals surface area contributed by atoms with Crippen molar-refractivity contribution in [1.82, 2.24) is 5.32 Å². The number of nitrogens with zero attached hydrogens (tertiary/aromatic N) is 1. The molecule has 5 nitrogen and oxygen atoms in total. The Kier molecular flexibility index (Phi) is 5.81. The molecule has 1 rings (SSSR count). The summed E-state index contributed by atoms with van der Waals surface area (Å²) >= 11 is 3.35. The number of amides is 1. The van der Waals surface area contributed by atoms with Crippen molar-refractivity contribution in [2.75, 3.05) is 23.7 Å². The summed E-state index contributed by atoms with van der Waals surface area (Å²) in [6.07, 6.45) is 1.15. The third-order valence-electron chi connectivity index (χ3n) is 2.80. The summed E-state index contributed by atoms with van der Waals surface area (Å²) in [6.45, 7) is 5.87. The highest BCUT2D eigenvalue weighted by atomic mass is 79.9. The van der Waals surface area contributed by atoms with E-state index in [9.17, 15) is 13.2 Å². The molecular weight excluding hydrogens is 356 g/mol. The third-order valence-corrected chi connectivity index (χ3v) is 4.65. The molecule has 0 aliphatic rings. The van der Waals surface area contributed by atoms with Crippen molar-refractivity contribution in [2.24, 2.45) is 5.41 Å². The van der Waals surface area contributed by atoms with Gasteiger partial charge in [0.1, 0.15) is 0 Å². The standard InChI is InChI=1S/C14H21BrN2O3S/c1-14(2,3)13(18)16-9-10-17(21(4,19)20)12-8-6-5-7-11(12)15/h5-8H,9-10H2,1-4H3,(H,16,18). The van der Waals surface area contributed by atoms with Gasteiger partial charge in [-0.2, -0.15) is 0 Å². The molecule has 0 aliphatic heterocycles. The molecule has 1 aromatic rings. The van der Waals surface area contributed by atoms with E-state index in [1.165, 1.54) is 4.31 Å². The fourth-order valence-corrected chi connectivity index (χ4v) is 3.21. The number of hydrogen-bond donors (Lipinski definition) is 1. The van der Waals surface area contributed by atoms with Gasteiger partial charge in [-0.25, -0.2) is 8.42 Å². The lowest BCUT2D eigenvalue weighted by atomic mass is 9.96. The molecule has 1 N–H and O–H groups in total. The second kappa shape index (κ2) is 6.79. The van der Waals surface area contributed by atoms with E-state index in [1.807, 2.05) is 26.8 Å². The van der Waals surface area contributed by atoms with Crippen LogP contribution in [0.2, 0.25) is 0 Å². The van der Waals surface area contributed by atoms with E-state index in [-0.39, 0.29) is 19.0 Å². The van der Waals surface area contributed by atoms with Crippen LogP contribution >= 0.6 is 15.9 Å². The maximum absolute atomic E-state index is 11.9. The summed E-state index contributed by atoms with van der Waals surface area (Å²) < 4.78 is 25.9. The highest BCUT2D eigenvalue weighted by Crippen LogP contribution is 2.27. The number of hydrogen-bond acceptors (Lipinski definition) is 3. The minimum atomic E-state index is -3.42. The molecule has 0 fully saturated rings. The normalized spacial score (nSPS) is 12.0. The Labute approximate surface area is 134 Å². The summed E-state index contributed by atoms with van der Waals surface area (Å²) in [5.41, 5.74) is 0.0634. The number of carbonyl (C=O) groups excluding carboxylic acids is 1. The molecule has 0 saturated carbocycles. The van der Waals surface area contributed by atoms with Gasteiger partial charge in [0.15, 0.2) is 0 Å². The number of carbonyl (C=O) groups is 1. The predicted octanol–water partition coefficient (Wildman–Crippen LogP) is 2.38. The predicted molar refractivity (Wildman–Crippen MR) is 88.8 cm³/mol. The number of para-hydroxylation sites is 1. The Hall–Kier alpha value is -1.08. The lowest BCUT2D eigenvalue weighted by Gasteiger charge is -2.25. The van der Waals surface area contributed by atoms with Crippen LogP contribution in [0.5, 0.6) is 0 Å². The van der Waals surface area contributed by atoms with Gasteiger partial charge in [-0.15, -0.1) is 0 Å². The summed E-state index contributed by atoms with van der Waals surface area (Å²) in [7, 11) is -3.42. The zero-order valence-corrected chi connectivity index (χ0v) is 15.1. The van der Waals surface area contributed by atoms with Crippen molar-refractivity contribution in [3.8, 4) is 0 Å². The molecule has 0 spiro atoms. The fraction of sp³-hybridized carbons (Fsp3) is 0.500. The quantitative estimate of drug-likeness (QED) is 0.857. The fourth-order valence-electron chi connectivity index (χ4n) is 1.66. The van der Waals surface area contributed by atoms with Crippen LogP contribution in [-0.4, -0.2) is 33.7 Å². The molecule has 1 aromatic carbocycles. The first-order chi connectivity index (χ1) is 9.53. The molecule has 0 saturated heterocycles. The third kappa shape index (κ3) is 5.32. The summed E-state index contributed by atoms with van der Waals surface area (Å²) in [5.74, 6) is -0.108. The monoisotopic (exact) mass is 376 g/mol. The first-order valence-corrected chi connectivity index (χ1v) is 9.18. The van der Waals surface area contributed by atoms with Crippen LogP contribution in [0.25, 0.3) is 0 Å². The Morgan fingerprint density at radius 1 is 1.29 bits per heavy atom. The van der Waals surface area contributed by atoms with Crippen molar-refractivity contribution < 1.29 is 13.2 Å². The zero-order valence-electron chi connectivity index (χ0n) is 12.7. The van der Waals surface area contributed by atoms with Gasteiger partial charge in [-0.3, -0.25) is 9.10 Å². The lowest BCUT2D eigenvalue weighted by Crippen LogP contribution is -2.41. The number of rotatable bonds is 5. The van der Waals surface area contributed by atoms with E-state index in [0.29, 0.717) is 10.2 Å². The van der Waals surface area contributed by atoms with Gasteiger partial charge in [0, 0.05) is 16.4 Å². The van der Waals surface area contributed by atoms with Gasteiger partial charge in [0.2, 0.25) is 15.9 Å². The minimum Gasteiger partial charge on any atom is -0.354 e. The summed E-state index contributed by atoms with van der Waals surface area (Å²) in [6, 6.07) is 7.08. The summed E-state index contributed by atoms with van der Waals surface area (Å²) in [5, 5.41) is 2.75. The maximum Gasteiger partial charge on any atom is 0.232 e. The van der Waals surface area contributed by atoms with Crippen molar-refractivity contribution in [3.05, 3.63) is 28.7 Å². The molecule has 21 heavy (non-hydrogen) atoms. The number of nitrogens with one attached hydrogen (secondary N) is 1. The number of anilines is 1. The first-order valence-electron chi connectivity index (χ1n) is 6.54. The Balaban J connectivity index is 2.84. The smallest absolute Gasteiger partial charge is 0.232 e. The van der Waals surface area contributed by atoms with Gasteiger partial charge in [-0.05, 0) is 28.1 Å². The van der Waals surface area contributed by atoms with Crippen LogP contribution in [0.3, 0.4) is 0 Å². The highest BCUT2D eigenvalue weighted by Gasteiger charge is 2.23. The molecule has 0 bridgehead atoms. The van der Waals surface area contributed by atoms with E-state index in [1.54, 1.807) is 18.2 Å². The topological polar surface area (TPSA) is 66.5 Å². The van der Waals surface area contributed by atoms with Crippen molar-refractivity contribution in [3.63, 3.8) is 0 Å². The average Bonchev–Trinajstić information content (AvgIpc) is 2.33. The van der Waals surface area contributed by atoms with Gasteiger partial charge < -0.3 is 5.32 Å². The lowest BCUT2D eigenvalue weighted by molar-refractivity contribution is -0.128.